The molecule has 0 aromatic heterocycles. The molecule has 0 unspecified atom stereocenters. The summed E-state index contributed by atoms with van der Waals surface area (Å²) < 4.78 is 5.69. The minimum atomic E-state index is 0.262. The molecule has 2 aromatic rings. The van der Waals surface area contributed by atoms with E-state index in [9.17, 15) is 4.79 Å². The Labute approximate surface area is 166 Å². The zero-order chi connectivity index (χ0) is 19.6. The molecular weight excluding hydrogens is 350 g/mol. The molecule has 1 N–H and O–H groups in total. The monoisotopic (exact) mass is 377 g/mol. The topological polar surface area (TPSA) is 65.4 Å². The van der Waals surface area contributed by atoms with Crippen LogP contribution in [0.4, 0.5) is 0 Å². The fourth-order valence-electron chi connectivity index (χ4n) is 3.37. The van der Waals surface area contributed by atoms with Gasteiger partial charge in [-0.05, 0) is 41.7 Å². The van der Waals surface area contributed by atoms with E-state index < -0.39 is 0 Å². The summed E-state index contributed by atoms with van der Waals surface area (Å²) in [6, 6.07) is 18.6. The van der Waals surface area contributed by atoms with Gasteiger partial charge in [0, 0.05) is 39.0 Å². The van der Waals surface area contributed by atoms with Crippen LogP contribution in [-0.4, -0.2) is 24.0 Å². The van der Waals surface area contributed by atoms with Crippen LogP contribution in [0, 0.1) is 11.3 Å². The van der Waals surface area contributed by atoms with Crippen LogP contribution >= 0.6 is 0 Å². The van der Waals surface area contributed by atoms with Gasteiger partial charge < -0.3 is 15.0 Å². The summed E-state index contributed by atoms with van der Waals surface area (Å²) in [5.74, 6) is 1.10. The van der Waals surface area contributed by atoms with Gasteiger partial charge in [-0.2, -0.15) is 5.26 Å². The first-order valence-corrected chi connectivity index (χ1v) is 9.89. The van der Waals surface area contributed by atoms with Crippen LogP contribution < -0.4 is 10.1 Å². The van der Waals surface area contributed by atoms with E-state index in [0.29, 0.717) is 26.0 Å². The van der Waals surface area contributed by atoms with Crippen LogP contribution in [0.2, 0.25) is 0 Å². The van der Waals surface area contributed by atoms with Gasteiger partial charge in [0.15, 0.2) is 0 Å². The van der Waals surface area contributed by atoms with E-state index in [1.807, 2.05) is 23.1 Å². The van der Waals surface area contributed by atoms with Crippen LogP contribution in [-0.2, 0) is 24.4 Å². The summed E-state index contributed by atoms with van der Waals surface area (Å²) in [7, 11) is 0. The van der Waals surface area contributed by atoms with Crippen LogP contribution in [0.3, 0.4) is 0 Å². The van der Waals surface area contributed by atoms with Gasteiger partial charge in [-0.15, -0.1) is 0 Å². The molecule has 146 valence electrons. The Hall–Kier alpha value is -2.84. The summed E-state index contributed by atoms with van der Waals surface area (Å²) in [6.45, 7) is 3.67. The van der Waals surface area contributed by atoms with Crippen LogP contribution in [0.5, 0.6) is 5.75 Å². The second-order valence-corrected chi connectivity index (χ2v) is 7.10. The van der Waals surface area contributed by atoms with Gasteiger partial charge in [0.1, 0.15) is 5.75 Å². The van der Waals surface area contributed by atoms with Crippen LogP contribution in [0.15, 0.2) is 48.5 Å². The average Bonchev–Trinajstić information content (AvgIpc) is 3.10. The SMILES string of the molecule is N#CCCCOc1cccc(CNCc2cccc(CN3CCCC3=O)c2)c1. The summed E-state index contributed by atoms with van der Waals surface area (Å²) >= 11 is 0. The minimum absolute atomic E-state index is 0.262. The Morgan fingerprint density at radius 3 is 2.57 bits per heavy atom. The highest BCUT2D eigenvalue weighted by Gasteiger charge is 2.19. The third-order valence-corrected chi connectivity index (χ3v) is 4.79. The Bertz CT molecular complexity index is 829. The predicted octanol–water partition coefficient (Wildman–Crippen LogP) is 3.78. The van der Waals surface area contributed by atoms with E-state index in [1.165, 1.54) is 11.1 Å². The lowest BCUT2D eigenvalue weighted by molar-refractivity contribution is -0.128. The molecular formula is C23H27N3O2. The van der Waals surface area contributed by atoms with Gasteiger partial charge in [0.05, 0.1) is 12.7 Å². The number of likely N-dealkylation sites (tertiary alicyclic amines) is 1. The summed E-state index contributed by atoms with van der Waals surface area (Å²) in [5.41, 5.74) is 3.56. The molecule has 1 fully saturated rings. The zero-order valence-electron chi connectivity index (χ0n) is 16.2. The molecule has 0 atom stereocenters. The normalized spacial score (nSPS) is 13.5. The van der Waals surface area contributed by atoms with Crippen molar-refractivity contribution in [2.75, 3.05) is 13.2 Å². The van der Waals surface area contributed by atoms with Crippen molar-refractivity contribution < 1.29 is 9.53 Å². The van der Waals surface area contributed by atoms with Crippen LogP contribution in [0.1, 0.15) is 42.4 Å². The molecule has 0 aliphatic carbocycles. The number of nitrogens with zero attached hydrogens (tertiary/aromatic N) is 2. The fourth-order valence-corrected chi connectivity index (χ4v) is 3.37. The summed E-state index contributed by atoms with van der Waals surface area (Å²) in [4.78, 5) is 13.7. The van der Waals surface area contributed by atoms with Crippen LogP contribution in [0.25, 0.3) is 0 Å². The highest BCUT2D eigenvalue weighted by molar-refractivity contribution is 5.78. The van der Waals surface area contributed by atoms with Crippen molar-refractivity contribution >= 4 is 5.91 Å². The molecule has 2 aromatic carbocycles. The van der Waals surface area contributed by atoms with Crippen molar-refractivity contribution in [2.24, 2.45) is 0 Å². The second-order valence-electron chi connectivity index (χ2n) is 7.10. The average molecular weight is 377 g/mol. The minimum Gasteiger partial charge on any atom is -0.494 e. The quantitative estimate of drug-likeness (QED) is 0.640. The van der Waals surface area contributed by atoms with Crippen molar-refractivity contribution in [3.63, 3.8) is 0 Å². The van der Waals surface area contributed by atoms with Gasteiger partial charge in [-0.3, -0.25) is 4.79 Å². The largest absolute Gasteiger partial charge is 0.494 e. The van der Waals surface area contributed by atoms with E-state index in [-0.39, 0.29) is 5.91 Å². The first-order valence-electron chi connectivity index (χ1n) is 9.89. The molecule has 0 bridgehead atoms. The van der Waals surface area contributed by atoms with Gasteiger partial charge in [-0.25, -0.2) is 0 Å². The maximum Gasteiger partial charge on any atom is 0.222 e. The number of ether oxygens (including phenoxy) is 1. The lowest BCUT2D eigenvalue weighted by Crippen LogP contribution is -2.23. The number of benzene rings is 2. The van der Waals surface area contributed by atoms with E-state index in [2.05, 4.69) is 41.7 Å². The van der Waals surface area contributed by atoms with E-state index in [1.54, 1.807) is 0 Å². The van der Waals surface area contributed by atoms with Gasteiger partial charge in [-0.1, -0.05) is 36.4 Å². The maximum atomic E-state index is 11.8. The van der Waals surface area contributed by atoms with Crippen molar-refractivity contribution in [1.82, 2.24) is 10.2 Å². The number of carbonyl (C=O) groups is 1. The molecule has 0 radical (unpaired) electrons. The molecule has 0 spiro atoms. The van der Waals surface area contributed by atoms with Crippen molar-refractivity contribution in [2.45, 2.75) is 45.3 Å². The number of nitriles is 1. The number of unbranched alkanes of at least 4 members (excludes halogenated alkanes) is 1. The predicted molar refractivity (Wildman–Crippen MR) is 108 cm³/mol. The van der Waals surface area contributed by atoms with Crippen molar-refractivity contribution in [1.29, 1.82) is 5.26 Å². The highest BCUT2D eigenvalue weighted by atomic mass is 16.5. The number of amides is 1. The lowest BCUT2D eigenvalue weighted by atomic mass is 10.1. The number of rotatable bonds is 10. The number of hydrogen-bond donors (Lipinski definition) is 1. The van der Waals surface area contributed by atoms with Crippen molar-refractivity contribution in [3.05, 3.63) is 65.2 Å². The van der Waals surface area contributed by atoms with Gasteiger partial charge >= 0.3 is 0 Å². The fraction of sp³-hybridized carbons (Fsp3) is 0.391. The third kappa shape index (κ3) is 6.11. The molecule has 0 saturated carbocycles. The summed E-state index contributed by atoms with van der Waals surface area (Å²) in [6.07, 6.45) is 2.92. The van der Waals surface area contributed by atoms with Gasteiger partial charge in [0.25, 0.3) is 0 Å². The number of carbonyl (C=O) groups excluding carboxylic acids is 1. The molecule has 5 heteroatoms. The Morgan fingerprint density at radius 1 is 1.07 bits per heavy atom. The molecule has 1 heterocycles. The maximum absolute atomic E-state index is 11.8. The molecule has 1 saturated heterocycles. The summed E-state index contributed by atoms with van der Waals surface area (Å²) in [5, 5.41) is 12.0. The zero-order valence-corrected chi connectivity index (χ0v) is 16.2. The highest BCUT2D eigenvalue weighted by Crippen LogP contribution is 2.16. The van der Waals surface area contributed by atoms with Crippen molar-refractivity contribution in [3.8, 4) is 11.8 Å². The molecule has 1 aliphatic heterocycles. The first-order chi connectivity index (χ1) is 13.7. The van der Waals surface area contributed by atoms with E-state index in [4.69, 9.17) is 10.00 Å². The lowest BCUT2D eigenvalue weighted by Gasteiger charge is -2.16. The number of nitrogens with one attached hydrogen (secondary N) is 1. The van der Waals surface area contributed by atoms with Gasteiger partial charge in [0.2, 0.25) is 5.91 Å². The molecule has 5 nitrogen and oxygen atoms in total. The Balaban J connectivity index is 1.46. The standard InChI is InChI=1S/C23H27N3O2/c24-11-1-2-13-28-22-9-4-7-20(15-22)17-25-16-19-6-3-8-21(14-19)18-26-12-5-10-23(26)27/h3-4,6-9,14-15,25H,1-2,5,10,12-13,16-18H2. The number of hydrogen-bond acceptors (Lipinski definition) is 4. The molecule has 3 rings (SSSR count). The first kappa shape index (κ1) is 19.9. The molecule has 28 heavy (non-hydrogen) atoms. The second kappa shape index (κ2) is 10.5. The molecule has 1 aliphatic rings. The third-order valence-electron chi connectivity index (χ3n) is 4.79. The Kier molecular flexibility index (Phi) is 7.45. The van der Waals surface area contributed by atoms with E-state index >= 15 is 0 Å². The Morgan fingerprint density at radius 2 is 1.82 bits per heavy atom. The van der Waals surface area contributed by atoms with E-state index in [0.717, 1.165) is 43.8 Å². The molecule has 1 amide bonds. The smallest absolute Gasteiger partial charge is 0.222 e.